The molecule has 3 aromatic rings. The van der Waals surface area contributed by atoms with Crippen molar-refractivity contribution in [1.82, 2.24) is 9.78 Å². The molecule has 5 heteroatoms. The lowest BCUT2D eigenvalue weighted by Gasteiger charge is -2.60. The Morgan fingerprint density at radius 3 is 2.37 bits per heavy atom. The minimum absolute atomic E-state index is 0.0450. The van der Waals surface area contributed by atoms with Crippen molar-refractivity contribution in [2.75, 3.05) is 6.61 Å². The van der Waals surface area contributed by atoms with Crippen LogP contribution in [0.3, 0.4) is 0 Å². The summed E-state index contributed by atoms with van der Waals surface area (Å²) >= 11 is 0. The number of ether oxygens (including phenoxy) is 1. The predicted molar refractivity (Wildman–Crippen MR) is 159 cm³/mol. The average molecular weight is 551 g/mol. The Labute approximate surface area is 243 Å². The third-order valence-electron chi connectivity index (χ3n) is 13.0. The Bertz CT molecular complexity index is 1490. The monoisotopic (exact) mass is 550 g/mol. The van der Waals surface area contributed by atoms with Crippen LogP contribution in [0.2, 0.25) is 0 Å². The number of aliphatic hydroxyl groups is 1. The van der Waals surface area contributed by atoms with Gasteiger partial charge in [-0.2, -0.15) is 9.78 Å². The summed E-state index contributed by atoms with van der Waals surface area (Å²) in [5.74, 6) is 2.65. The van der Waals surface area contributed by atoms with Crippen LogP contribution in [0, 0.1) is 34.5 Å². The number of rotatable bonds is 2. The van der Waals surface area contributed by atoms with Crippen LogP contribution in [0.4, 0.5) is 4.79 Å². The average Bonchev–Trinajstić information content (AvgIpc) is 3.59. The van der Waals surface area contributed by atoms with Crippen molar-refractivity contribution in [1.29, 1.82) is 0 Å². The van der Waals surface area contributed by atoms with Gasteiger partial charge in [0.15, 0.2) is 0 Å². The zero-order valence-electron chi connectivity index (χ0n) is 24.6. The van der Waals surface area contributed by atoms with Gasteiger partial charge in [-0.05, 0) is 121 Å². The molecular weight excluding hydrogens is 508 g/mol. The fourth-order valence-corrected chi connectivity index (χ4v) is 10.6. The second-order valence-electron chi connectivity index (χ2n) is 14.7. The highest BCUT2D eigenvalue weighted by atomic mass is 16.6. The van der Waals surface area contributed by atoms with Gasteiger partial charge in [0.05, 0.1) is 11.3 Å². The lowest BCUT2D eigenvalue weighted by molar-refractivity contribution is -0.139. The summed E-state index contributed by atoms with van der Waals surface area (Å²) in [4.78, 5) is 13.3. The topological polar surface area (TPSA) is 64.4 Å². The van der Waals surface area contributed by atoms with Crippen LogP contribution in [0.15, 0.2) is 54.7 Å². The van der Waals surface area contributed by atoms with Crippen molar-refractivity contribution in [3.63, 3.8) is 0 Å². The lowest BCUT2D eigenvalue weighted by Crippen LogP contribution is -2.56. The molecule has 1 N–H and O–H groups in total. The second kappa shape index (κ2) is 8.80. The fraction of sp³-hybridized carbons (Fsp3) is 0.556. The van der Waals surface area contributed by atoms with Gasteiger partial charge in [0, 0.05) is 12.1 Å². The third-order valence-corrected chi connectivity index (χ3v) is 13.0. The second-order valence-corrected chi connectivity index (χ2v) is 14.7. The number of carbonyl (C=O) groups excluding carboxylic acids is 1. The smallest absolute Gasteiger partial charge is 0.434 e. The summed E-state index contributed by atoms with van der Waals surface area (Å²) < 4.78 is 7.42. The van der Waals surface area contributed by atoms with Gasteiger partial charge in [-0.25, -0.2) is 4.79 Å². The molecule has 3 saturated carbocycles. The van der Waals surface area contributed by atoms with E-state index < -0.39 is 5.60 Å². The Morgan fingerprint density at radius 1 is 0.951 bits per heavy atom. The van der Waals surface area contributed by atoms with Gasteiger partial charge in [-0.3, -0.25) is 0 Å². The van der Waals surface area contributed by atoms with Crippen LogP contribution in [0.25, 0.3) is 11.1 Å². The molecule has 5 aliphatic carbocycles. The molecule has 0 saturated heterocycles. The fourth-order valence-electron chi connectivity index (χ4n) is 10.6. The van der Waals surface area contributed by atoms with Crippen molar-refractivity contribution in [2.45, 2.75) is 83.7 Å². The van der Waals surface area contributed by atoms with Gasteiger partial charge in [0.25, 0.3) is 0 Å². The maximum absolute atomic E-state index is 13.3. The van der Waals surface area contributed by atoms with Gasteiger partial charge in [0.2, 0.25) is 0 Å². The van der Waals surface area contributed by atoms with E-state index in [4.69, 9.17) is 9.84 Å². The molecule has 0 radical (unpaired) electrons. The van der Waals surface area contributed by atoms with E-state index in [9.17, 15) is 9.90 Å². The summed E-state index contributed by atoms with van der Waals surface area (Å²) in [6, 6.07) is 16.9. The van der Waals surface area contributed by atoms with E-state index in [0.717, 1.165) is 37.8 Å². The van der Waals surface area contributed by atoms with Crippen LogP contribution in [0.5, 0.6) is 0 Å². The van der Waals surface area contributed by atoms with Crippen LogP contribution >= 0.6 is 0 Å². The SMILES string of the molecule is C[C@]12Cc3cn(C(=O)OCC4c5ccccc5-c5ccccc54)nc3CC1CCC1C2CC[C@@]2(C)C1CC[C@]2(C)O. The Kier molecular flexibility index (Phi) is 5.53. The maximum Gasteiger partial charge on any atom is 0.434 e. The first kappa shape index (κ1) is 25.8. The normalized spacial score (nSPS) is 36.9. The molecule has 7 atom stereocenters. The number of benzene rings is 2. The first-order valence-corrected chi connectivity index (χ1v) is 15.8. The van der Waals surface area contributed by atoms with Crippen LogP contribution in [0.1, 0.15) is 87.6 Å². The quantitative estimate of drug-likeness (QED) is 0.361. The Hall–Kier alpha value is -2.92. The molecule has 214 valence electrons. The molecule has 5 nitrogen and oxygen atoms in total. The molecular formula is C36H42N2O3. The van der Waals surface area contributed by atoms with Crippen LogP contribution < -0.4 is 0 Å². The molecule has 41 heavy (non-hydrogen) atoms. The molecule has 0 spiro atoms. The van der Waals surface area contributed by atoms with Gasteiger partial charge in [-0.1, -0.05) is 62.4 Å². The summed E-state index contributed by atoms with van der Waals surface area (Å²) in [6.45, 7) is 7.29. The number of hydrogen-bond acceptors (Lipinski definition) is 4. The highest BCUT2D eigenvalue weighted by Crippen LogP contribution is 2.67. The van der Waals surface area contributed by atoms with Gasteiger partial charge >= 0.3 is 6.09 Å². The molecule has 8 rings (SSSR count). The van der Waals surface area contributed by atoms with E-state index in [1.165, 1.54) is 51.8 Å². The standard InChI is InChI=1S/C36H42N2O3/c1-34-19-22-20-38(33(39)41-21-29-26-10-6-4-8-24(26)25-9-5-7-11-27(25)29)37-32(22)18-23(34)12-13-28-30(34)14-16-35(2)31(28)15-17-36(35,3)40/h4-11,20,23,28-31,40H,12-19,21H2,1-3H3/t23?,28?,30?,31?,34-,35-,36-/m0/s1. The molecule has 1 aromatic heterocycles. The third kappa shape index (κ3) is 3.57. The zero-order valence-corrected chi connectivity index (χ0v) is 24.6. The first-order chi connectivity index (χ1) is 19.7. The molecule has 2 aromatic carbocycles. The lowest BCUT2D eigenvalue weighted by atomic mass is 9.44. The minimum Gasteiger partial charge on any atom is -0.447 e. The highest BCUT2D eigenvalue weighted by Gasteiger charge is 2.63. The first-order valence-electron chi connectivity index (χ1n) is 15.8. The van der Waals surface area contributed by atoms with Crippen LogP contribution in [-0.4, -0.2) is 33.2 Å². The van der Waals surface area contributed by atoms with E-state index in [0.29, 0.717) is 30.3 Å². The van der Waals surface area contributed by atoms with Crippen molar-refractivity contribution in [2.24, 2.45) is 34.5 Å². The van der Waals surface area contributed by atoms with E-state index in [-0.39, 0.29) is 22.8 Å². The summed E-state index contributed by atoms with van der Waals surface area (Å²) in [6.07, 6.45) is 10.5. The van der Waals surface area contributed by atoms with E-state index in [2.05, 4.69) is 69.3 Å². The molecule has 4 unspecified atom stereocenters. The Morgan fingerprint density at radius 2 is 1.63 bits per heavy atom. The number of hydrogen-bond donors (Lipinski definition) is 1. The van der Waals surface area contributed by atoms with E-state index in [1.54, 1.807) is 0 Å². The number of fused-ring (bicyclic) bond motifs is 9. The van der Waals surface area contributed by atoms with Gasteiger partial charge in [-0.15, -0.1) is 0 Å². The minimum atomic E-state index is -0.537. The maximum atomic E-state index is 13.3. The summed E-state index contributed by atoms with van der Waals surface area (Å²) in [7, 11) is 0. The van der Waals surface area contributed by atoms with E-state index in [1.807, 2.05) is 6.20 Å². The van der Waals surface area contributed by atoms with Crippen molar-refractivity contribution < 1.29 is 14.6 Å². The van der Waals surface area contributed by atoms with Crippen molar-refractivity contribution >= 4 is 6.09 Å². The largest absolute Gasteiger partial charge is 0.447 e. The number of aromatic nitrogens is 2. The molecule has 0 amide bonds. The highest BCUT2D eigenvalue weighted by molar-refractivity contribution is 5.79. The number of carbonyl (C=O) groups is 1. The molecule has 1 heterocycles. The Balaban J connectivity index is 1.01. The van der Waals surface area contributed by atoms with Crippen molar-refractivity contribution in [3.8, 4) is 11.1 Å². The molecule has 5 aliphatic rings. The summed E-state index contributed by atoms with van der Waals surface area (Å²) in [5, 5.41) is 16.1. The van der Waals surface area contributed by atoms with E-state index >= 15 is 0 Å². The van der Waals surface area contributed by atoms with Gasteiger partial charge < -0.3 is 9.84 Å². The number of nitrogens with zero attached hydrogens (tertiary/aromatic N) is 2. The van der Waals surface area contributed by atoms with Gasteiger partial charge in [0.1, 0.15) is 6.61 Å². The molecule has 0 aliphatic heterocycles. The molecule has 0 bridgehead atoms. The summed E-state index contributed by atoms with van der Waals surface area (Å²) in [5.41, 5.74) is 6.96. The van der Waals surface area contributed by atoms with Crippen molar-refractivity contribution in [3.05, 3.63) is 77.1 Å². The predicted octanol–water partition coefficient (Wildman–Crippen LogP) is 7.39. The van der Waals surface area contributed by atoms with Crippen LogP contribution in [-0.2, 0) is 17.6 Å². The zero-order chi connectivity index (χ0) is 28.1. The molecule has 3 fully saturated rings.